The summed E-state index contributed by atoms with van der Waals surface area (Å²) >= 11 is 6.39. The number of halogens is 1. The number of hydrogen-bond acceptors (Lipinski definition) is 5. The van der Waals surface area contributed by atoms with E-state index in [1.807, 2.05) is 75.4 Å². The van der Waals surface area contributed by atoms with Crippen LogP contribution < -0.4 is 10.6 Å². The van der Waals surface area contributed by atoms with E-state index in [0.717, 1.165) is 16.7 Å². The molecule has 1 saturated heterocycles. The number of phenolic OH excluding ortho intramolecular Hbond substituents is 1. The molecule has 9 heteroatoms. The molecule has 1 aliphatic heterocycles. The second-order valence-corrected chi connectivity index (χ2v) is 12.4. The molecule has 1 heterocycles. The van der Waals surface area contributed by atoms with Crippen molar-refractivity contribution in [2.75, 3.05) is 6.54 Å². The van der Waals surface area contributed by atoms with Gasteiger partial charge in [0.2, 0.25) is 5.91 Å². The molecule has 3 aromatic rings. The summed E-state index contributed by atoms with van der Waals surface area (Å²) in [6, 6.07) is 20.3. The number of likely N-dealkylation sites (tertiary alicyclic amines) is 1. The summed E-state index contributed by atoms with van der Waals surface area (Å²) in [6.45, 7) is 7.25. The summed E-state index contributed by atoms with van der Waals surface area (Å²) in [4.78, 5) is 41.4. The number of aliphatic hydroxyl groups excluding tert-OH is 1. The maximum atomic E-state index is 13.7. The van der Waals surface area contributed by atoms with Gasteiger partial charge in [0.15, 0.2) is 6.10 Å². The van der Waals surface area contributed by atoms with E-state index >= 15 is 0 Å². The number of carbonyl (C=O) groups is 3. The Bertz CT molecular complexity index is 1420. The summed E-state index contributed by atoms with van der Waals surface area (Å²) in [5, 5.41) is 26.8. The average molecular weight is 592 g/mol. The number of benzene rings is 3. The summed E-state index contributed by atoms with van der Waals surface area (Å²) in [5.41, 5.74) is 2.93. The first kappa shape index (κ1) is 31.1. The van der Waals surface area contributed by atoms with Crippen molar-refractivity contribution >= 4 is 29.3 Å². The Kier molecular flexibility index (Phi) is 9.59. The fourth-order valence-corrected chi connectivity index (χ4v) is 5.46. The van der Waals surface area contributed by atoms with Crippen LogP contribution >= 0.6 is 11.6 Å². The van der Waals surface area contributed by atoms with E-state index in [9.17, 15) is 24.6 Å². The SMILES string of the molecule is Cc1c(O)cccc1C(=O)N[C@@H](Cc1ccc(-c2ccccc2)cc1)[C@H](O)C(=O)N1C[C@@H](Cl)C[C@H]1C(=O)NC(C)(C)C. The number of rotatable bonds is 8. The lowest BCUT2D eigenvalue weighted by molar-refractivity contribution is -0.146. The van der Waals surface area contributed by atoms with Gasteiger partial charge in [-0.1, -0.05) is 60.7 Å². The zero-order valence-corrected chi connectivity index (χ0v) is 25.1. The van der Waals surface area contributed by atoms with Crippen molar-refractivity contribution < 1.29 is 24.6 Å². The third kappa shape index (κ3) is 7.49. The van der Waals surface area contributed by atoms with E-state index < -0.39 is 40.9 Å². The monoisotopic (exact) mass is 591 g/mol. The van der Waals surface area contributed by atoms with Crippen LogP contribution in [0.15, 0.2) is 72.8 Å². The molecule has 0 radical (unpaired) electrons. The van der Waals surface area contributed by atoms with Crippen molar-refractivity contribution in [1.29, 1.82) is 0 Å². The van der Waals surface area contributed by atoms with Crippen LogP contribution in [0.2, 0.25) is 0 Å². The van der Waals surface area contributed by atoms with Gasteiger partial charge in [-0.25, -0.2) is 0 Å². The van der Waals surface area contributed by atoms with Gasteiger partial charge >= 0.3 is 0 Å². The van der Waals surface area contributed by atoms with E-state index in [1.54, 1.807) is 19.1 Å². The van der Waals surface area contributed by atoms with Gasteiger partial charge < -0.3 is 25.7 Å². The second-order valence-electron chi connectivity index (χ2n) is 11.8. The molecule has 4 atom stereocenters. The molecule has 1 fully saturated rings. The average Bonchev–Trinajstić information content (AvgIpc) is 3.35. The molecule has 0 spiro atoms. The van der Waals surface area contributed by atoms with Crippen LogP contribution in [0.25, 0.3) is 11.1 Å². The highest BCUT2D eigenvalue weighted by atomic mass is 35.5. The molecule has 8 nitrogen and oxygen atoms in total. The summed E-state index contributed by atoms with van der Waals surface area (Å²) in [5.74, 6) is -1.62. The van der Waals surface area contributed by atoms with Crippen molar-refractivity contribution in [2.45, 2.75) is 69.6 Å². The number of hydrogen-bond donors (Lipinski definition) is 4. The van der Waals surface area contributed by atoms with Crippen molar-refractivity contribution in [1.82, 2.24) is 15.5 Å². The minimum atomic E-state index is -1.66. The Balaban J connectivity index is 1.60. The van der Waals surface area contributed by atoms with Crippen LogP contribution in [0.5, 0.6) is 5.75 Å². The molecule has 4 N–H and O–H groups in total. The number of amides is 3. The van der Waals surface area contributed by atoms with Gasteiger partial charge in [0, 0.05) is 23.2 Å². The Morgan fingerprint density at radius 1 is 0.976 bits per heavy atom. The quantitative estimate of drug-likeness (QED) is 0.293. The van der Waals surface area contributed by atoms with E-state index in [0.29, 0.717) is 5.56 Å². The van der Waals surface area contributed by atoms with Crippen molar-refractivity contribution in [3.63, 3.8) is 0 Å². The maximum absolute atomic E-state index is 13.7. The number of aliphatic hydroxyl groups is 1. The standard InChI is InChI=1S/C33H38ClN3O5/c1-20-25(11-8-12-28(20)38)30(40)35-26(17-21-13-15-23(16-14-21)22-9-6-5-7-10-22)29(39)32(42)37-19-24(34)18-27(37)31(41)36-33(2,3)4/h5-16,24,26-27,29,38-39H,17-19H2,1-4H3,(H,35,40)(H,36,41)/t24-,26-,27-,29-/m0/s1. The van der Waals surface area contributed by atoms with Gasteiger partial charge in [-0.3, -0.25) is 14.4 Å². The molecule has 0 aliphatic carbocycles. The van der Waals surface area contributed by atoms with Crippen molar-refractivity contribution in [2.24, 2.45) is 0 Å². The number of carbonyl (C=O) groups excluding carboxylic acids is 3. The van der Waals surface area contributed by atoms with E-state index in [2.05, 4.69) is 10.6 Å². The third-order valence-corrected chi connectivity index (χ3v) is 7.67. The number of nitrogens with zero attached hydrogens (tertiary/aromatic N) is 1. The maximum Gasteiger partial charge on any atom is 0.254 e. The Morgan fingerprint density at radius 3 is 2.26 bits per heavy atom. The van der Waals surface area contributed by atoms with Crippen LogP contribution in [-0.4, -0.2) is 68.5 Å². The first-order valence-electron chi connectivity index (χ1n) is 14.0. The van der Waals surface area contributed by atoms with E-state index in [4.69, 9.17) is 11.6 Å². The fourth-order valence-electron chi connectivity index (χ4n) is 5.15. The van der Waals surface area contributed by atoms with Crippen LogP contribution in [-0.2, 0) is 16.0 Å². The van der Waals surface area contributed by atoms with Crippen LogP contribution in [0.4, 0.5) is 0 Å². The number of phenols is 1. The van der Waals surface area contributed by atoms with Crippen molar-refractivity contribution in [3.05, 3.63) is 89.5 Å². The topological polar surface area (TPSA) is 119 Å². The molecule has 0 aromatic heterocycles. The molecular weight excluding hydrogens is 554 g/mol. The smallest absolute Gasteiger partial charge is 0.254 e. The lowest BCUT2D eigenvalue weighted by Gasteiger charge is -2.32. The Labute approximate surface area is 251 Å². The van der Waals surface area contributed by atoms with Gasteiger partial charge in [-0.15, -0.1) is 11.6 Å². The van der Waals surface area contributed by atoms with Crippen molar-refractivity contribution in [3.8, 4) is 16.9 Å². The van der Waals surface area contributed by atoms with Crippen LogP contribution in [0.1, 0.15) is 48.7 Å². The largest absolute Gasteiger partial charge is 0.508 e. The van der Waals surface area contributed by atoms with Gasteiger partial charge in [-0.05, 0) is 69.4 Å². The molecule has 222 valence electrons. The highest BCUT2D eigenvalue weighted by molar-refractivity contribution is 6.21. The predicted octanol–water partition coefficient (Wildman–Crippen LogP) is 4.19. The molecular formula is C33H38ClN3O5. The summed E-state index contributed by atoms with van der Waals surface area (Å²) in [6.07, 6.45) is -1.27. The van der Waals surface area contributed by atoms with E-state index in [1.165, 1.54) is 11.0 Å². The van der Waals surface area contributed by atoms with Crippen LogP contribution in [0, 0.1) is 6.92 Å². The van der Waals surface area contributed by atoms with Gasteiger partial charge in [0.05, 0.1) is 11.4 Å². The molecule has 42 heavy (non-hydrogen) atoms. The molecule has 0 unspecified atom stereocenters. The van der Waals surface area contributed by atoms with Gasteiger partial charge in [0.1, 0.15) is 11.8 Å². The first-order chi connectivity index (χ1) is 19.8. The number of aromatic hydroxyl groups is 1. The van der Waals surface area contributed by atoms with E-state index in [-0.39, 0.29) is 36.6 Å². The lowest BCUT2D eigenvalue weighted by atomic mass is 9.96. The first-order valence-corrected chi connectivity index (χ1v) is 14.5. The predicted molar refractivity (Wildman–Crippen MR) is 163 cm³/mol. The highest BCUT2D eigenvalue weighted by Crippen LogP contribution is 2.26. The Morgan fingerprint density at radius 2 is 1.62 bits per heavy atom. The fraction of sp³-hybridized carbons (Fsp3) is 0.364. The van der Waals surface area contributed by atoms with Gasteiger partial charge in [-0.2, -0.15) is 0 Å². The second kappa shape index (κ2) is 13.0. The number of alkyl halides is 1. The molecule has 3 aromatic carbocycles. The Hall–Kier alpha value is -3.88. The molecule has 0 saturated carbocycles. The third-order valence-electron chi connectivity index (χ3n) is 7.35. The zero-order valence-electron chi connectivity index (χ0n) is 24.3. The summed E-state index contributed by atoms with van der Waals surface area (Å²) in [7, 11) is 0. The molecule has 4 rings (SSSR count). The molecule has 0 bridgehead atoms. The summed E-state index contributed by atoms with van der Waals surface area (Å²) < 4.78 is 0. The molecule has 1 aliphatic rings. The van der Waals surface area contributed by atoms with Gasteiger partial charge in [0.25, 0.3) is 11.8 Å². The lowest BCUT2D eigenvalue weighted by Crippen LogP contribution is -2.57. The minimum Gasteiger partial charge on any atom is -0.508 e. The minimum absolute atomic E-state index is 0.0368. The number of nitrogens with one attached hydrogen (secondary N) is 2. The normalized spacial score (nSPS) is 18.3. The zero-order chi connectivity index (χ0) is 30.6. The molecule has 3 amide bonds. The van der Waals surface area contributed by atoms with Crippen LogP contribution in [0.3, 0.4) is 0 Å². The highest BCUT2D eigenvalue weighted by Gasteiger charge is 2.43.